The van der Waals surface area contributed by atoms with Crippen LogP contribution in [0.3, 0.4) is 0 Å². The van der Waals surface area contributed by atoms with Crippen LogP contribution in [0.25, 0.3) is 0 Å². The molecule has 2 aromatic carbocycles. The van der Waals surface area contributed by atoms with Crippen molar-refractivity contribution in [1.29, 1.82) is 0 Å². The van der Waals surface area contributed by atoms with Crippen LogP contribution in [0.4, 0.5) is 5.69 Å². The minimum atomic E-state index is -1.26. The fourth-order valence-electron chi connectivity index (χ4n) is 5.24. The first-order chi connectivity index (χ1) is 20.2. The van der Waals surface area contributed by atoms with E-state index in [-0.39, 0.29) is 11.3 Å². The molecule has 2 aliphatic rings. The number of carboxylic acid groups (broad SMARTS) is 2. The minimum Gasteiger partial charge on any atom is -0.497 e. The van der Waals surface area contributed by atoms with Crippen molar-refractivity contribution in [3.63, 3.8) is 0 Å². The number of hydrogen-bond acceptors (Lipinski definition) is 7. The van der Waals surface area contributed by atoms with Crippen molar-refractivity contribution < 1.29 is 34.1 Å². The largest absolute Gasteiger partial charge is 0.497 e. The number of amides is 1. The Morgan fingerprint density at radius 3 is 2.33 bits per heavy atom. The molecule has 0 radical (unpaired) electrons. The van der Waals surface area contributed by atoms with E-state index in [4.69, 9.17) is 19.7 Å². The molecule has 4 rings (SSSR count). The predicted octanol–water partition coefficient (Wildman–Crippen LogP) is 6.38. The molecule has 1 heterocycles. The molecule has 1 saturated carbocycles. The lowest BCUT2D eigenvalue weighted by molar-refractivity contribution is -0.134. The van der Waals surface area contributed by atoms with Crippen LogP contribution in [-0.4, -0.2) is 66.3 Å². The van der Waals surface area contributed by atoms with Crippen LogP contribution in [0.5, 0.6) is 11.5 Å². The second-order valence-corrected chi connectivity index (χ2v) is 11.5. The highest BCUT2D eigenvalue weighted by Gasteiger charge is 2.35. The maximum atomic E-state index is 12.6. The number of carbonyl (C=O) groups excluding carboxylic acids is 1. The lowest BCUT2D eigenvalue weighted by Crippen LogP contribution is -2.34. The van der Waals surface area contributed by atoms with Gasteiger partial charge in [-0.1, -0.05) is 43.2 Å². The van der Waals surface area contributed by atoms with Crippen LogP contribution >= 0.6 is 11.8 Å². The average Bonchev–Trinajstić information content (AvgIpc) is 3.38. The number of fused-ring (bicyclic) bond motifs is 1. The predicted molar refractivity (Wildman–Crippen MR) is 164 cm³/mol. The molecule has 1 atom stereocenters. The SMILES string of the molecule is COc1ccc(OCCCCCN(C)C2CCCCC2)c(C2Sc3ccccc3N2C(C)=O)c1.O=C(O)/C=C/C(=O)O. The number of carboxylic acids is 2. The molecule has 1 amide bonds. The van der Waals surface area contributed by atoms with Crippen LogP contribution in [0, 0.1) is 0 Å². The number of hydrogen-bond donors (Lipinski definition) is 2. The summed E-state index contributed by atoms with van der Waals surface area (Å²) in [6.07, 6.45) is 11.4. The monoisotopic (exact) mass is 598 g/mol. The standard InChI is InChI=1S/C28H38N2O3S.C4H4O4/c1-21(31)30-25-14-8-9-15-27(25)34-28(30)24-20-23(32-3)16-17-26(24)33-19-11-5-10-18-29(2)22-12-6-4-7-13-22;5-3(6)1-2-4(7)8/h8-9,14-17,20,22,28H,4-7,10-13,18-19H2,1-3H3;1-2H,(H,5,6)(H,7,8)/b;2-1+. The third-order valence-electron chi connectivity index (χ3n) is 7.40. The zero-order valence-corrected chi connectivity index (χ0v) is 25.5. The van der Waals surface area contributed by atoms with Crippen molar-refractivity contribution >= 4 is 35.3 Å². The van der Waals surface area contributed by atoms with Crippen molar-refractivity contribution in [2.45, 2.75) is 74.6 Å². The van der Waals surface area contributed by atoms with Crippen LogP contribution in [-0.2, 0) is 14.4 Å². The molecule has 228 valence electrons. The number of rotatable bonds is 12. The topological polar surface area (TPSA) is 117 Å². The highest BCUT2D eigenvalue weighted by atomic mass is 32.2. The molecule has 9 nitrogen and oxygen atoms in total. The third kappa shape index (κ3) is 9.80. The highest BCUT2D eigenvalue weighted by Crippen LogP contribution is 2.53. The second-order valence-electron chi connectivity index (χ2n) is 10.4. The average molecular weight is 599 g/mol. The molecule has 0 spiro atoms. The van der Waals surface area contributed by atoms with Crippen molar-refractivity contribution in [1.82, 2.24) is 4.90 Å². The van der Waals surface area contributed by atoms with Crippen LogP contribution in [0.1, 0.15) is 69.2 Å². The summed E-state index contributed by atoms with van der Waals surface area (Å²) < 4.78 is 11.8. The van der Waals surface area contributed by atoms with Gasteiger partial charge in [0.05, 0.1) is 19.4 Å². The Balaban J connectivity index is 0.000000531. The molecule has 0 saturated heterocycles. The molecule has 2 N–H and O–H groups in total. The number of benzene rings is 2. The Morgan fingerprint density at radius 2 is 1.69 bits per heavy atom. The van der Waals surface area contributed by atoms with Gasteiger partial charge in [-0.2, -0.15) is 0 Å². The third-order valence-corrected chi connectivity index (χ3v) is 8.69. The maximum Gasteiger partial charge on any atom is 0.328 e. The summed E-state index contributed by atoms with van der Waals surface area (Å²) >= 11 is 1.69. The van der Waals surface area contributed by atoms with E-state index in [1.807, 2.05) is 41.3 Å². The van der Waals surface area contributed by atoms with Crippen molar-refractivity contribution in [2.75, 3.05) is 32.2 Å². The first-order valence-corrected chi connectivity index (χ1v) is 15.3. The van der Waals surface area contributed by atoms with Gasteiger partial charge in [-0.25, -0.2) is 9.59 Å². The van der Waals surface area contributed by atoms with Gasteiger partial charge in [0.25, 0.3) is 0 Å². The minimum absolute atomic E-state index is 0.0262. The Labute approximate surface area is 252 Å². The molecule has 2 aromatic rings. The van der Waals surface area contributed by atoms with Crippen LogP contribution < -0.4 is 14.4 Å². The Bertz CT molecular complexity index is 1210. The molecule has 10 heteroatoms. The second kappa shape index (κ2) is 16.8. The zero-order chi connectivity index (χ0) is 30.5. The number of ether oxygens (including phenoxy) is 2. The number of thioether (sulfide) groups is 1. The number of carbonyl (C=O) groups is 3. The number of anilines is 1. The summed E-state index contributed by atoms with van der Waals surface area (Å²) in [6.45, 7) is 3.47. The smallest absolute Gasteiger partial charge is 0.328 e. The summed E-state index contributed by atoms with van der Waals surface area (Å²) in [7, 11) is 3.96. The number of aliphatic carboxylic acids is 2. The van der Waals surface area contributed by atoms with E-state index in [1.165, 1.54) is 45.1 Å². The van der Waals surface area contributed by atoms with Gasteiger partial charge in [-0.05, 0) is 76.0 Å². The van der Waals surface area contributed by atoms with Crippen molar-refractivity contribution in [3.05, 3.63) is 60.2 Å². The number of unbranched alkanes of at least 4 members (excludes halogenated alkanes) is 2. The summed E-state index contributed by atoms with van der Waals surface area (Å²) in [5.74, 6) is -0.886. The Morgan fingerprint density at radius 1 is 1.00 bits per heavy atom. The number of nitrogens with zero attached hydrogens (tertiary/aromatic N) is 2. The van der Waals surface area contributed by atoms with Gasteiger partial charge in [0.15, 0.2) is 0 Å². The normalized spacial score (nSPS) is 16.6. The van der Waals surface area contributed by atoms with Gasteiger partial charge in [0.2, 0.25) is 5.91 Å². The van der Waals surface area contributed by atoms with Crippen molar-refractivity contribution in [3.8, 4) is 11.5 Å². The van der Waals surface area contributed by atoms with E-state index in [9.17, 15) is 14.4 Å². The van der Waals surface area contributed by atoms with E-state index in [0.717, 1.165) is 46.5 Å². The molecule has 1 fully saturated rings. The number of methoxy groups -OCH3 is 1. The molecule has 1 aliphatic carbocycles. The lowest BCUT2D eigenvalue weighted by Gasteiger charge is -2.31. The van der Waals surface area contributed by atoms with E-state index in [2.05, 4.69) is 18.0 Å². The fraction of sp³-hybridized carbons (Fsp3) is 0.469. The van der Waals surface area contributed by atoms with E-state index >= 15 is 0 Å². The quantitative estimate of drug-likeness (QED) is 0.212. The van der Waals surface area contributed by atoms with Gasteiger partial charge in [0.1, 0.15) is 16.9 Å². The Kier molecular flexibility index (Phi) is 13.2. The highest BCUT2D eigenvalue weighted by molar-refractivity contribution is 8.00. The van der Waals surface area contributed by atoms with Gasteiger partial charge >= 0.3 is 11.9 Å². The van der Waals surface area contributed by atoms with Crippen molar-refractivity contribution in [2.24, 2.45) is 0 Å². The molecular weight excluding hydrogens is 556 g/mol. The lowest BCUT2D eigenvalue weighted by atomic mass is 9.94. The first-order valence-electron chi connectivity index (χ1n) is 14.4. The summed E-state index contributed by atoms with van der Waals surface area (Å²) in [5.41, 5.74) is 1.94. The molecule has 42 heavy (non-hydrogen) atoms. The molecule has 0 aromatic heterocycles. The van der Waals surface area contributed by atoms with Crippen LogP contribution in [0.2, 0.25) is 0 Å². The fourth-order valence-corrected chi connectivity index (χ4v) is 6.60. The van der Waals surface area contributed by atoms with E-state index in [0.29, 0.717) is 18.8 Å². The Hall–Kier alpha value is -3.50. The zero-order valence-electron chi connectivity index (χ0n) is 24.7. The molecule has 1 aliphatic heterocycles. The molecule has 1 unspecified atom stereocenters. The number of para-hydroxylation sites is 1. The summed E-state index contributed by atoms with van der Waals surface area (Å²) in [4.78, 5) is 37.2. The van der Waals surface area contributed by atoms with Crippen LogP contribution in [0.15, 0.2) is 59.5 Å². The van der Waals surface area contributed by atoms with Gasteiger partial charge in [0, 0.05) is 35.6 Å². The van der Waals surface area contributed by atoms with Gasteiger partial charge < -0.3 is 24.6 Å². The summed E-state index contributed by atoms with van der Waals surface area (Å²) in [5, 5.41) is 15.5. The van der Waals surface area contributed by atoms with Gasteiger partial charge in [-0.3, -0.25) is 9.69 Å². The summed E-state index contributed by atoms with van der Waals surface area (Å²) in [6, 6.07) is 14.8. The molecule has 0 bridgehead atoms. The molecular formula is C32H42N2O7S. The first kappa shape index (κ1) is 33.0. The maximum absolute atomic E-state index is 12.6. The van der Waals surface area contributed by atoms with E-state index in [1.54, 1.807) is 25.8 Å². The van der Waals surface area contributed by atoms with Gasteiger partial charge in [-0.15, -0.1) is 0 Å². The van der Waals surface area contributed by atoms with E-state index < -0.39 is 11.9 Å².